The predicted molar refractivity (Wildman–Crippen MR) is 89.1 cm³/mol. The van der Waals surface area contributed by atoms with Crippen LogP contribution in [0, 0.1) is 5.82 Å². The van der Waals surface area contributed by atoms with Gasteiger partial charge in [-0.25, -0.2) is 14.2 Å². The van der Waals surface area contributed by atoms with Crippen LogP contribution in [0.1, 0.15) is 33.0 Å². The second kappa shape index (κ2) is 6.26. The Bertz CT molecular complexity index is 749. The van der Waals surface area contributed by atoms with Crippen molar-refractivity contribution in [1.29, 1.82) is 0 Å². The van der Waals surface area contributed by atoms with Crippen molar-refractivity contribution in [3.63, 3.8) is 0 Å². The van der Waals surface area contributed by atoms with Crippen molar-refractivity contribution in [3.8, 4) is 11.3 Å². The summed E-state index contributed by atoms with van der Waals surface area (Å²) in [5.41, 5.74) is 0.998. The van der Waals surface area contributed by atoms with Crippen LogP contribution >= 0.6 is 0 Å². The number of hydrogen-bond acceptors (Lipinski definition) is 3. The molecule has 0 bridgehead atoms. The Morgan fingerprint density at radius 3 is 2.92 bits per heavy atom. The number of carbonyl (C=O) groups excluding carboxylic acids is 1. The van der Waals surface area contributed by atoms with Crippen LogP contribution in [0.15, 0.2) is 30.5 Å². The first-order valence-electron chi connectivity index (χ1n) is 8.12. The van der Waals surface area contributed by atoms with E-state index in [1.54, 1.807) is 6.07 Å². The lowest BCUT2D eigenvalue weighted by Crippen LogP contribution is -2.42. The Morgan fingerprint density at radius 2 is 2.21 bits per heavy atom. The Balaban J connectivity index is 1.69. The van der Waals surface area contributed by atoms with Crippen LogP contribution in [0.3, 0.4) is 0 Å². The maximum atomic E-state index is 13.4. The zero-order valence-electron chi connectivity index (χ0n) is 14.2. The highest BCUT2D eigenvalue weighted by atomic mass is 19.1. The molecule has 0 aliphatic carbocycles. The van der Waals surface area contributed by atoms with Crippen molar-refractivity contribution >= 4 is 6.09 Å². The van der Waals surface area contributed by atoms with Gasteiger partial charge >= 0.3 is 6.09 Å². The molecule has 1 atom stereocenters. The van der Waals surface area contributed by atoms with Crippen molar-refractivity contribution < 1.29 is 13.9 Å². The van der Waals surface area contributed by atoms with Crippen LogP contribution in [-0.2, 0) is 17.7 Å². The number of nitrogens with one attached hydrogen (secondary N) is 1. The summed E-state index contributed by atoms with van der Waals surface area (Å²) in [7, 11) is 0. The number of benzene rings is 1. The van der Waals surface area contributed by atoms with E-state index >= 15 is 0 Å². The van der Waals surface area contributed by atoms with E-state index < -0.39 is 11.7 Å². The van der Waals surface area contributed by atoms with Crippen LogP contribution in [0.25, 0.3) is 11.3 Å². The van der Waals surface area contributed by atoms with E-state index in [0.29, 0.717) is 6.42 Å². The maximum absolute atomic E-state index is 13.4. The van der Waals surface area contributed by atoms with E-state index in [1.165, 1.54) is 12.1 Å². The fraction of sp³-hybridized carbons (Fsp3) is 0.444. The van der Waals surface area contributed by atoms with Gasteiger partial charge in [-0.15, -0.1) is 0 Å². The molecule has 0 radical (unpaired) electrons. The summed E-state index contributed by atoms with van der Waals surface area (Å²) in [5, 5.41) is 2.90. The van der Waals surface area contributed by atoms with Crippen molar-refractivity contribution in [2.24, 2.45) is 0 Å². The molecule has 1 unspecified atom stereocenters. The van der Waals surface area contributed by atoms with E-state index in [1.807, 2.05) is 33.0 Å². The third kappa shape index (κ3) is 3.93. The summed E-state index contributed by atoms with van der Waals surface area (Å²) in [6, 6.07) is 6.41. The lowest BCUT2D eigenvalue weighted by Gasteiger charge is -2.26. The summed E-state index contributed by atoms with van der Waals surface area (Å²) in [6.45, 7) is 6.28. The van der Waals surface area contributed by atoms with Gasteiger partial charge < -0.3 is 14.6 Å². The number of nitrogens with zero attached hydrogens (tertiary/aromatic N) is 2. The molecule has 0 fully saturated rings. The molecule has 0 spiro atoms. The molecule has 6 heteroatoms. The molecule has 1 amide bonds. The highest BCUT2D eigenvalue weighted by molar-refractivity contribution is 5.68. The molecule has 2 aromatic rings. The van der Waals surface area contributed by atoms with Crippen molar-refractivity contribution in [2.75, 3.05) is 0 Å². The molecule has 3 rings (SSSR count). The lowest BCUT2D eigenvalue weighted by molar-refractivity contribution is 0.0496. The van der Waals surface area contributed by atoms with Gasteiger partial charge in [0.2, 0.25) is 0 Å². The molecular formula is C18H22FN3O2. The number of imidazole rings is 1. The van der Waals surface area contributed by atoms with Gasteiger partial charge in [0.1, 0.15) is 17.2 Å². The first-order valence-corrected chi connectivity index (χ1v) is 8.12. The number of aryl methyl sites for hydroxylation is 1. The number of fused-ring (bicyclic) bond motifs is 1. The fourth-order valence-electron chi connectivity index (χ4n) is 2.81. The van der Waals surface area contributed by atoms with Gasteiger partial charge in [-0.3, -0.25) is 0 Å². The second-order valence-electron chi connectivity index (χ2n) is 7.08. The molecule has 1 aromatic carbocycles. The number of aromatic nitrogens is 2. The van der Waals surface area contributed by atoms with Crippen molar-refractivity contribution in [1.82, 2.24) is 14.9 Å². The summed E-state index contributed by atoms with van der Waals surface area (Å²) in [5.74, 6) is 0.615. The topological polar surface area (TPSA) is 56.1 Å². The summed E-state index contributed by atoms with van der Waals surface area (Å²) in [4.78, 5) is 16.5. The van der Waals surface area contributed by atoms with E-state index in [9.17, 15) is 9.18 Å². The second-order valence-corrected chi connectivity index (χ2v) is 7.08. The standard InChI is InChI=1S/C18H22FN3O2/c1-18(2,3)24-17(23)20-14-7-8-22-11-15(21-16(22)10-14)12-5-4-6-13(19)9-12/h4-6,9,11,14H,7-8,10H2,1-3H3,(H,20,23). The minimum Gasteiger partial charge on any atom is -0.444 e. The van der Waals surface area contributed by atoms with Gasteiger partial charge in [-0.2, -0.15) is 0 Å². The van der Waals surface area contributed by atoms with Crippen LogP contribution in [0.4, 0.5) is 9.18 Å². The van der Waals surface area contributed by atoms with Crippen LogP contribution in [-0.4, -0.2) is 27.3 Å². The van der Waals surface area contributed by atoms with Gasteiger partial charge in [-0.1, -0.05) is 12.1 Å². The van der Waals surface area contributed by atoms with Gasteiger partial charge in [0.05, 0.1) is 5.69 Å². The van der Waals surface area contributed by atoms with E-state index in [2.05, 4.69) is 14.9 Å². The van der Waals surface area contributed by atoms with Crippen LogP contribution in [0.2, 0.25) is 0 Å². The minimum absolute atomic E-state index is 0.00453. The molecular weight excluding hydrogens is 309 g/mol. The maximum Gasteiger partial charge on any atom is 0.407 e. The highest BCUT2D eigenvalue weighted by Crippen LogP contribution is 2.23. The number of hydrogen-bond donors (Lipinski definition) is 1. The van der Waals surface area contributed by atoms with E-state index in [-0.39, 0.29) is 11.9 Å². The average Bonchev–Trinajstić information content (AvgIpc) is 2.88. The zero-order valence-corrected chi connectivity index (χ0v) is 14.2. The SMILES string of the molecule is CC(C)(C)OC(=O)NC1CCn2cc(-c3cccc(F)c3)nc2C1. The quantitative estimate of drug-likeness (QED) is 0.916. The fourth-order valence-corrected chi connectivity index (χ4v) is 2.81. The minimum atomic E-state index is -0.512. The van der Waals surface area contributed by atoms with E-state index in [4.69, 9.17) is 4.74 Å². The number of ether oxygens (including phenoxy) is 1. The first-order chi connectivity index (χ1) is 11.3. The molecule has 24 heavy (non-hydrogen) atoms. The Morgan fingerprint density at radius 1 is 1.42 bits per heavy atom. The number of carbonyl (C=O) groups is 1. The monoisotopic (exact) mass is 331 g/mol. The number of rotatable bonds is 2. The Kier molecular flexibility index (Phi) is 4.30. The molecule has 2 heterocycles. The number of alkyl carbamates (subject to hydrolysis) is 1. The molecule has 1 aliphatic heterocycles. The third-order valence-electron chi connectivity index (χ3n) is 3.85. The van der Waals surface area contributed by atoms with Crippen molar-refractivity contribution in [3.05, 3.63) is 42.1 Å². The van der Waals surface area contributed by atoms with Gasteiger partial charge in [-0.05, 0) is 39.3 Å². The number of amides is 1. The average molecular weight is 331 g/mol. The Labute approximate surface area is 140 Å². The largest absolute Gasteiger partial charge is 0.444 e. The van der Waals surface area contributed by atoms with Gasteiger partial charge in [0.15, 0.2) is 0 Å². The van der Waals surface area contributed by atoms with Crippen LogP contribution < -0.4 is 5.32 Å². The van der Waals surface area contributed by atoms with E-state index in [0.717, 1.165) is 30.0 Å². The van der Waals surface area contributed by atoms with Gasteiger partial charge in [0.25, 0.3) is 0 Å². The Hall–Kier alpha value is -2.37. The molecule has 1 aliphatic rings. The first kappa shape index (κ1) is 16.5. The molecule has 1 aromatic heterocycles. The molecule has 0 saturated carbocycles. The van der Waals surface area contributed by atoms with Gasteiger partial charge in [0, 0.05) is 30.8 Å². The van der Waals surface area contributed by atoms with Crippen molar-refractivity contribution in [2.45, 2.75) is 51.8 Å². The third-order valence-corrected chi connectivity index (χ3v) is 3.85. The molecule has 128 valence electrons. The normalized spacial score (nSPS) is 17.2. The number of halogens is 1. The molecule has 5 nitrogen and oxygen atoms in total. The summed E-state index contributed by atoms with van der Waals surface area (Å²) < 4.78 is 20.7. The molecule has 0 saturated heterocycles. The predicted octanol–water partition coefficient (Wildman–Crippen LogP) is 3.53. The lowest BCUT2D eigenvalue weighted by atomic mass is 10.1. The smallest absolute Gasteiger partial charge is 0.407 e. The zero-order chi connectivity index (χ0) is 17.3. The molecule has 1 N–H and O–H groups in total. The highest BCUT2D eigenvalue weighted by Gasteiger charge is 2.24. The van der Waals surface area contributed by atoms with Crippen LogP contribution in [0.5, 0.6) is 0 Å². The summed E-state index contributed by atoms with van der Waals surface area (Å²) in [6.07, 6.45) is 2.98. The summed E-state index contributed by atoms with van der Waals surface area (Å²) >= 11 is 0.